The third kappa shape index (κ3) is 6.98. The monoisotopic (exact) mass is 583 g/mol. The molecule has 0 amide bonds. The molecule has 7 heteroatoms. The van der Waals surface area contributed by atoms with E-state index >= 15 is 0 Å². The highest BCUT2D eigenvalue weighted by Crippen LogP contribution is 2.40. The van der Waals surface area contributed by atoms with Gasteiger partial charge in [0, 0.05) is 60.5 Å². The number of Topliss-reactive ketones (excluding diaryl/α,β-unsaturated/α-hetero) is 1. The van der Waals surface area contributed by atoms with Crippen LogP contribution in [-0.4, -0.2) is 67.0 Å². The molecule has 2 saturated heterocycles. The Morgan fingerprint density at radius 1 is 1.07 bits per heavy atom. The topological polar surface area (TPSA) is 44.8 Å². The van der Waals surface area contributed by atoms with Crippen molar-refractivity contribution in [2.45, 2.75) is 82.8 Å². The Morgan fingerprint density at radius 2 is 1.78 bits per heavy atom. The van der Waals surface area contributed by atoms with Crippen molar-refractivity contribution >= 4 is 17.4 Å². The van der Waals surface area contributed by atoms with Crippen molar-refractivity contribution in [2.75, 3.05) is 39.8 Å². The standard InChI is InChI=1S/C34H47ClFN3O2/c1-24(2)38-21-29(26-8-10-28(35)11-9-26)30(22-38)33(40)27-13-17-39(18-14-27)34(15-5-4-6-16-34)23-37-20-25-7-12-32(41-3)31(36)19-25/h7-12,19,24,27,29-30,37H,4-6,13-18,20-23H2,1-3H3/t29-,30+/m1/s1. The molecule has 0 unspecified atom stereocenters. The van der Waals surface area contributed by atoms with Gasteiger partial charge >= 0.3 is 0 Å². The molecule has 0 bridgehead atoms. The first-order valence-corrected chi connectivity index (χ1v) is 16.0. The van der Waals surface area contributed by atoms with Gasteiger partial charge in [-0.25, -0.2) is 4.39 Å². The Hall–Kier alpha value is -1.99. The largest absolute Gasteiger partial charge is 0.494 e. The molecule has 3 aliphatic rings. The molecule has 1 N–H and O–H groups in total. The second-order valence-corrected chi connectivity index (χ2v) is 13.3. The number of piperidine rings is 1. The van der Waals surface area contributed by atoms with Crippen molar-refractivity contribution in [1.29, 1.82) is 0 Å². The fourth-order valence-electron chi connectivity index (χ4n) is 7.61. The van der Waals surface area contributed by atoms with E-state index in [0.717, 1.165) is 56.2 Å². The number of carbonyl (C=O) groups excluding carboxylic acids is 1. The van der Waals surface area contributed by atoms with Crippen LogP contribution in [-0.2, 0) is 11.3 Å². The van der Waals surface area contributed by atoms with E-state index in [1.54, 1.807) is 12.1 Å². The molecule has 0 spiro atoms. The Bertz CT molecular complexity index is 1160. The van der Waals surface area contributed by atoms with E-state index in [4.69, 9.17) is 16.3 Å². The van der Waals surface area contributed by atoms with Crippen LogP contribution in [0.25, 0.3) is 0 Å². The fraction of sp³-hybridized carbons (Fsp3) is 0.618. The lowest BCUT2D eigenvalue weighted by molar-refractivity contribution is -0.129. The number of ether oxygens (including phenoxy) is 1. The van der Waals surface area contributed by atoms with E-state index in [1.165, 1.54) is 44.8 Å². The zero-order chi connectivity index (χ0) is 29.0. The summed E-state index contributed by atoms with van der Waals surface area (Å²) in [6.45, 7) is 9.72. The smallest absolute Gasteiger partial charge is 0.165 e. The number of benzene rings is 2. The van der Waals surface area contributed by atoms with Crippen molar-refractivity contribution < 1.29 is 13.9 Å². The molecule has 224 valence electrons. The molecule has 5 rings (SSSR count). The van der Waals surface area contributed by atoms with Crippen LogP contribution in [0.15, 0.2) is 42.5 Å². The van der Waals surface area contributed by atoms with Crippen molar-refractivity contribution in [2.24, 2.45) is 11.8 Å². The number of rotatable bonds is 10. The van der Waals surface area contributed by atoms with Crippen molar-refractivity contribution in [3.05, 3.63) is 64.4 Å². The highest BCUT2D eigenvalue weighted by atomic mass is 35.5. The van der Waals surface area contributed by atoms with Gasteiger partial charge < -0.3 is 10.1 Å². The van der Waals surface area contributed by atoms with Gasteiger partial charge in [0.1, 0.15) is 5.78 Å². The Kier molecular flexibility index (Phi) is 10.1. The minimum Gasteiger partial charge on any atom is -0.494 e. The lowest BCUT2D eigenvalue weighted by Crippen LogP contribution is -2.58. The maximum absolute atomic E-state index is 14.2. The van der Waals surface area contributed by atoms with Gasteiger partial charge in [-0.3, -0.25) is 14.6 Å². The van der Waals surface area contributed by atoms with Gasteiger partial charge in [-0.1, -0.05) is 49.1 Å². The molecule has 2 aromatic carbocycles. The van der Waals surface area contributed by atoms with E-state index in [2.05, 4.69) is 41.1 Å². The minimum atomic E-state index is -0.317. The predicted octanol–water partition coefficient (Wildman–Crippen LogP) is 6.69. The van der Waals surface area contributed by atoms with Gasteiger partial charge in [0.25, 0.3) is 0 Å². The molecule has 2 heterocycles. The summed E-state index contributed by atoms with van der Waals surface area (Å²) in [5.41, 5.74) is 2.28. The summed E-state index contributed by atoms with van der Waals surface area (Å²) in [4.78, 5) is 19.2. The molecule has 5 nitrogen and oxygen atoms in total. The van der Waals surface area contributed by atoms with E-state index in [1.807, 2.05) is 18.2 Å². The molecule has 41 heavy (non-hydrogen) atoms. The van der Waals surface area contributed by atoms with Gasteiger partial charge in [-0.15, -0.1) is 0 Å². The Morgan fingerprint density at radius 3 is 2.41 bits per heavy atom. The zero-order valence-electron chi connectivity index (χ0n) is 25.0. The number of hydrogen-bond donors (Lipinski definition) is 1. The number of methoxy groups -OCH3 is 1. The van der Waals surface area contributed by atoms with Gasteiger partial charge in [0.2, 0.25) is 0 Å². The number of hydrogen-bond acceptors (Lipinski definition) is 5. The van der Waals surface area contributed by atoms with Crippen LogP contribution in [0.2, 0.25) is 5.02 Å². The van der Waals surface area contributed by atoms with Gasteiger partial charge in [0.15, 0.2) is 11.6 Å². The molecule has 0 aromatic heterocycles. The normalized spacial score (nSPS) is 24.1. The number of nitrogens with zero attached hydrogens (tertiary/aromatic N) is 2. The summed E-state index contributed by atoms with van der Waals surface area (Å²) < 4.78 is 19.3. The van der Waals surface area contributed by atoms with E-state index in [0.29, 0.717) is 18.4 Å². The highest BCUT2D eigenvalue weighted by molar-refractivity contribution is 6.30. The van der Waals surface area contributed by atoms with Crippen LogP contribution >= 0.6 is 11.6 Å². The van der Waals surface area contributed by atoms with Crippen LogP contribution in [0, 0.1) is 17.7 Å². The number of likely N-dealkylation sites (tertiary alicyclic amines) is 2. The van der Waals surface area contributed by atoms with Gasteiger partial charge in [0.05, 0.1) is 7.11 Å². The zero-order valence-corrected chi connectivity index (χ0v) is 25.8. The summed E-state index contributed by atoms with van der Waals surface area (Å²) in [6, 6.07) is 13.8. The third-order valence-corrected chi connectivity index (χ3v) is 10.3. The average molecular weight is 584 g/mol. The lowest BCUT2D eigenvalue weighted by atomic mass is 9.76. The van der Waals surface area contributed by atoms with Crippen LogP contribution in [0.1, 0.15) is 75.8 Å². The number of ketones is 1. The maximum Gasteiger partial charge on any atom is 0.165 e. The van der Waals surface area contributed by atoms with Crippen molar-refractivity contribution in [3.8, 4) is 5.75 Å². The van der Waals surface area contributed by atoms with Gasteiger partial charge in [-0.05, 0) is 88.0 Å². The summed E-state index contributed by atoms with van der Waals surface area (Å²) in [5.74, 6) is 0.841. The first kappa shape index (κ1) is 30.5. The molecule has 2 aliphatic heterocycles. The third-order valence-electron chi connectivity index (χ3n) is 10.1. The summed E-state index contributed by atoms with van der Waals surface area (Å²) >= 11 is 6.18. The molecule has 3 fully saturated rings. The summed E-state index contributed by atoms with van der Waals surface area (Å²) in [7, 11) is 1.49. The van der Waals surface area contributed by atoms with Crippen molar-refractivity contribution in [3.63, 3.8) is 0 Å². The maximum atomic E-state index is 14.2. The predicted molar refractivity (Wildman–Crippen MR) is 164 cm³/mol. The number of nitrogens with one attached hydrogen (secondary N) is 1. The van der Waals surface area contributed by atoms with E-state index < -0.39 is 0 Å². The minimum absolute atomic E-state index is 0.0466. The summed E-state index contributed by atoms with van der Waals surface area (Å²) in [5, 5.41) is 4.41. The molecule has 2 atom stereocenters. The van der Waals surface area contributed by atoms with E-state index in [-0.39, 0.29) is 34.9 Å². The summed E-state index contributed by atoms with van der Waals surface area (Å²) in [6.07, 6.45) is 8.02. The molecular weight excluding hydrogens is 537 g/mol. The van der Waals surface area contributed by atoms with Crippen LogP contribution in [0.4, 0.5) is 4.39 Å². The van der Waals surface area contributed by atoms with Crippen LogP contribution < -0.4 is 10.1 Å². The first-order chi connectivity index (χ1) is 19.8. The second-order valence-electron chi connectivity index (χ2n) is 12.8. The molecular formula is C34H47ClFN3O2. The average Bonchev–Trinajstić information content (AvgIpc) is 3.44. The first-order valence-electron chi connectivity index (χ1n) is 15.6. The Labute approximate surface area is 250 Å². The quantitative estimate of drug-likeness (QED) is 0.338. The number of halogens is 2. The second kappa shape index (κ2) is 13.5. The van der Waals surface area contributed by atoms with E-state index in [9.17, 15) is 9.18 Å². The molecule has 1 saturated carbocycles. The molecule has 1 aliphatic carbocycles. The highest BCUT2D eigenvalue weighted by Gasteiger charge is 2.44. The number of carbonyl (C=O) groups is 1. The van der Waals surface area contributed by atoms with Crippen LogP contribution in [0.3, 0.4) is 0 Å². The molecule has 2 aromatic rings. The van der Waals surface area contributed by atoms with Gasteiger partial charge in [-0.2, -0.15) is 0 Å². The Balaban J connectivity index is 1.21. The van der Waals surface area contributed by atoms with Crippen molar-refractivity contribution in [1.82, 2.24) is 15.1 Å². The lowest BCUT2D eigenvalue weighted by Gasteiger charge is -2.49. The SMILES string of the molecule is COc1ccc(CNCC2(N3CCC(C(=O)[C@H]4CN(C(C)C)C[C@@H]4c4ccc(Cl)cc4)CC3)CCCCC2)cc1F. The molecule has 0 radical (unpaired) electrons. The fourth-order valence-corrected chi connectivity index (χ4v) is 7.73. The van der Waals surface area contributed by atoms with Crippen LogP contribution in [0.5, 0.6) is 5.75 Å².